The molecule has 35 heavy (non-hydrogen) atoms. The molecule has 1 N–H and O–H groups in total. The third kappa shape index (κ3) is 5.74. The number of nitriles is 1. The normalized spacial score (nSPS) is 11.8. The summed E-state index contributed by atoms with van der Waals surface area (Å²) in [5.41, 5.74) is 2.15. The number of nitrogens with one attached hydrogen (secondary N) is 1. The number of aromatic nitrogens is 2. The van der Waals surface area contributed by atoms with Crippen LogP contribution in [-0.4, -0.2) is 48.0 Å². The van der Waals surface area contributed by atoms with E-state index in [4.69, 9.17) is 0 Å². The number of rotatable bonds is 10. The quantitative estimate of drug-likeness (QED) is 0.265. The van der Waals surface area contributed by atoms with Crippen LogP contribution >= 0.6 is 0 Å². The molecule has 9 heteroatoms. The highest BCUT2D eigenvalue weighted by Crippen LogP contribution is 2.28. The minimum atomic E-state index is -3.68. The van der Waals surface area contributed by atoms with E-state index in [0.717, 1.165) is 5.69 Å². The highest BCUT2D eigenvalue weighted by Gasteiger charge is 2.23. The molecule has 0 unspecified atom stereocenters. The number of para-hydroxylation sites is 1. The van der Waals surface area contributed by atoms with Gasteiger partial charge in [-0.3, -0.25) is 4.79 Å². The van der Waals surface area contributed by atoms with E-state index < -0.39 is 15.9 Å². The SMILES string of the molecule is C=CCNC(=O)/C(C#N)=C\c1cn(-c2ccccc2)nc1-c1cccc(S(=O)(=O)N(CC)CC)c1. The van der Waals surface area contributed by atoms with Gasteiger partial charge in [-0.1, -0.05) is 50.3 Å². The highest BCUT2D eigenvalue weighted by molar-refractivity contribution is 7.89. The Labute approximate surface area is 205 Å². The number of nitrogens with zero attached hydrogens (tertiary/aromatic N) is 4. The first-order valence-corrected chi connectivity index (χ1v) is 12.6. The van der Waals surface area contributed by atoms with Crippen LogP contribution in [0, 0.1) is 11.3 Å². The van der Waals surface area contributed by atoms with E-state index in [2.05, 4.69) is 17.0 Å². The van der Waals surface area contributed by atoms with Crippen LogP contribution in [0.15, 0.2) is 83.9 Å². The monoisotopic (exact) mass is 489 g/mol. The van der Waals surface area contributed by atoms with Crippen LogP contribution in [0.5, 0.6) is 0 Å². The fourth-order valence-corrected chi connectivity index (χ4v) is 5.02. The Morgan fingerprint density at radius 2 is 1.89 bits per heavy atom. The molecule has 2 aromatic carbocycles. The van der Waals surface area contributed by atoms with Crippen molar-refractivity contribution in [2.45, 2.75) is 18.7 Å². The molecule has 1 heterocycles. The summed E-state index contributed by atoms with van der Waals surface area (Å²) in [6, 6.07) is 17.8. The van der Waals surface area contributed by atoms with Gasteiger partial charge in [-0.15, -0.1) is 6.58 Å². The summed E-state index contributed by atoms with van der Waals surface area (Å²) in [5.74, 6) is -0.538. The van der Waals surface area contributed by atoms with Crippen LogP contribution in [0.3, 0.4) is 0 Å². The molecule has 1 aromatic heterocycles. The molecule has 0 spiro atoms. The van der Waals surface area contributed by atoms with Crippen molar-refractivity contribution in [3.8, 4) is 23.0 Å². The first-order chi connectivity index (χ1) is 16.8. The van der Waals surface area contributed by atoms with Gasteiger partial charge in [0.15, 0.2) is 0 Å². The van der Waals surface area contributed by atoms with Crippen molar-refractivity contribution in [3.05, 3.63) is 84.6 Å². The average molecular weight is 490 g/mol. The summed E-state index contributed by atoms with van der Waals surface area (Å²) >= 11 is 0. The topological polar surface area (TPSA) is 108 Å². The van der Waals surface area contributed by atoms with Crippen LogP contribution in [0.1, 0.15) is 19.4 Å². The second-order valence-electron chi connectivity index (χ2n) is 7.50. The molecule has 3 rings (SSSR count). The lowest BCUT2D eigenvalue weighted by molar-refractivity contribution is -0.116. The first-order valence-electron chi connectivity index (χ1n) is 11.1. The lowest BCUT2D eigenvalue weighted by Gasteiger charge is -2.18. The highest BCUT2D eigenvalue weighted by atomic mass is 32.2. The lowest BCUT2D eigenvalue weighted by Crippen LogP contribution is -2.30. The fraction of sp³-hybridized carbons (Fsp3) is 0.192. The van der Waals surface area contributed by atoms with Crippen molar-refractivity contribution in [1.82, 2.24) is 19.4 Å². The van der Waals surface area contributed by atoms with E-state index in [1.807, 2.05) is 36.4 Å². The van der Waals surface area contributed by atoms with Gasteiger partial charge >= 0.3 is 0 Å². The zero-order valence-corrected chi connectivity index (χ0v) is 20.5. The van der Waals surface area contributed by atoms with Gasteiger partial charge in [0, 0.05) is 37.0 Å². The Kier molecular flexibility index (Phi) is 8.36. The Hall–Kier alpha value is -4.00. The third-order valence-electron chi connectivity index (χ3n) is 5.29. The maximum absolute atomic E-state index is 13.1. The van der Waals surface area contributed by atoms with Crippen LogP contribution in [0.2, 0.25) is 0 Å². The molecule has 0 radical (unpaired) electrons. The summed E-state index contributed by atoms with van der Waals surface area (Å²) in [6.07, 6.45) is 4.67. The number of carbonyl (C=O) groups excluding carboxylic acids is 1. The standard InChI is InChI=1S/C26H27N5O3S/c1-4-15-28-26(32)21(18-27)16-22-19-31(23-12-8-7-9-13-23)29-25(22)20-11-10-14-24(17-20)35(33,34)30(5-2)6-3/h4,7-14,16-17,19H,1,5-6,15H2,2-3H3,(H,28,32)/b21-16-. The van der Waals surface area contributed by atoms with Crippen molar-refractivity contribution in [2.75, 3.05) is 19.6 Å². The molecule has 180 valence electrons. The van der Waals surface area contributed by atoms with Crippen LogP contribution < -0.4 is 5.32 Å². The summed E-state index contributed by atoms with van der Waals surface area (Å²) in [7, 11) is -3.68. The number of carbonyl (C=O) groups is 1. The number of hydrogen-bond acceptors (Lipinski definition) is 5. The molecule has 0 aliphatic heterocycles. The van der Waals surface area contributed by atoms with Crippen LogP contribution in [-0.2, 0) is 14.8 Å². The molecule has 1 amide bonds. The Morgan fingerprint density at radius 1 is 1.17 bits per heavy atom. The van der Waals surface area contributed by atoms with E-state index >= 15 is 0 Å². The summed E-state index contributed by atoms with van der Waals surface area (Å²) in [5, 5.41) is 16.9. The maximum Gasteiger partial charge on any atom is 0.262 e. The van der Waals surface area contributed by atoms with Gasteiger partial charge in [0.2, 0.25) is 10.0 Å². The largest absolute Gasteiger partial charge is 0.348 e. The molecule has 0 bridgehead atoms. The summed E-state index contributed by atoms with van der Waals surface area (Å²) in [4.78, 5) is 12.6. The Bertz CT molecular complexity index is 1380. The van der Waals surface area contributed by atoms with Gasteiger partial charge in [0.05, 0.1) is 10.6 Å². The van der Waals surface area contributed by atoms with Gasteiger partial charge in [0.25, 0.3) is 5.91 Å². The van der Waals surface area contributed by atoms with Crippen LogP contribution in [0.25, 0.3) is 23.0 Å². The molecular weight excluding hydrogens is 462 g/mol. The lowest BCUT2D eigenvalue weighted by atomic mass is 10.1. The van der Waals surface area contributed by atoms with Crippen molar-refractivity contribution in [3.63, 3.8) is 0 Å². The third-order valence-corrected chi connectivity index (χ3v) is 7.33. The van der Waals surface area contributed by atoms with E-state index in [9.17, 15) is 18.5 Å². The average Bonchev–Trinajstić information content (AvgIpc) is 3.31. The number of hydrogen-bond donors (Lipinski definition) is 1. The fourth-order valence-electron chi connectivity index (χ4n) is 3.51. The Balaban J connectivity index is 2.17. The zero-order valence-electron chi connectivity index (χ0n) is 19.7. The molecule has 8 nitrogen and oxygen atoms in total. The first kappa shape index (κ1) is 25.6. The van der Waals surface area contributed by atoms with E-state index in [0.29, 0.717) is 29.9 Å². The number of amides is 1. The predicted molar refractivity (Wildman–Crippen MR) is 136 cm³/mol. The maximum atomic E-state index is 13.1. The van der Waals surface area contributed by atoms with Gasteiger partial charge in [-0.25, -0.2) is 13.1 Å². The van der Waals surface area contributed by atoms with Gasteiger partial charge in [-0.2, -0.15) is 14.7 Å². The van der Waals surface area contributed by atoms with Gasteiger partial charge in [0.1, 0.15) is 17.3 Å². The van der Waals surface area contributed by atoms with E-state index in [-0.39, 0.29) is 17.0 Å². The van der Waals surface area contributed by atoms with Crippen LogP contribution in [0.4, 0.5) is 0 Å². The molecule has 0 aliphatic rings. The summed E-state index contributed by atoms with van der Waals surface area (Å²) < 4.78 is 29.2. The van der Waals surface area contributed by atoms with E-state index in [1.54, 1.807) is 49.0 Å². The zero-order chi connectivity index (χ0) is 25.4. The number of benzene rings is 2. The molecule has 3 aromatic rings. The second-order valence-corrected chi connectivity index (χ2v) is 9.44. The molecule has 0 fully saturated rings. The Morgan fingerprint density at radius 3 is 2.51 bits per heavy atom. The van der Waals surface area contributed by atoms with Gasteiger partial charge in [-0.05, 0) is 30.3 Å². The van der Waals surface area contributed by atoms with Crippen molar-refractivity contribution >= 4 is 22.0 Å². The molecule has 0 saturated heterocycles. The van der Waals surface area contributed by atoms with Crippen molar-refractivity contribution < 1.29 is 13.2 Å². The summed E-state index contributed by atoms with van der Waals surface area (Å²) in [6.45, 7) is 8.06. The van der Waals surface area contributed by atoms with E-state index in [1.165, 1.54) is 16.5 Å². The molecule has 0 saturated carbocycles. The molecule has 0 atom stereocenters. The minimum Gasteiger partial charge on any atom is -0.348 e. The predicted octanol–water partition coefficient (Wildman–Crippen LogP) is 3.78. The van der Waals surface area contributed by atoms with Crippen molar-refractivity contribution in [1.29, 1.82) is 5.26 Å². The second kappa shape index (κ2) is 11.4. The van der Waals surface area contributed by atoms with Crippen molar-refractivity contribution in [2.24, 2.45) is 0 Å². The smallest absolute Gasteiger partial charge is 0.262 e. The van der Waals surface area contributed by atoms with Gasteiger partial charge < -0.3 is 5.32 Å². The minimum absolute atomic E-state index is 0.104. The molecule has 0 aliphatic carbocycles. The number of sulfonamides is 1. The molecular formula is C26H27N5O3S.